The summed E-state index contributed by atoms with van der Waals surface area (Å²) in [6, 6.07) is 14.5. The van der Waals surface area contributed by atoms with E-state index in [9.17, 15) is 13.2 Å². The van der Waals surface area contributed by atoms with Crippen LogP contribution in [0.4, 0.5) is 0 Å². The van der Waals surface area contributed by atoms with Crippen LogP contribution in [0.2, 0.25) is 5.02 Å². The molecule has 0 radical (unpaired) electrons. The zero-order valence-corrected chi connectivity index (χ0v) is 14.7. The molecule has 0 fully saturated rings. The lowest BCUT2D eigenvalue weighted by atomic mass is 10.1. The van der Waals surface area contributed by atoms with E-state index in [2.05, 4.69) is 4.72 Å². The van der Waals surface area contributed by atoms with E-state index in [1.54, 1.807) is 30.3 Å². The fourth-order valence-electron chi connectivity index (χ4n) is 1.97. The summed E-state index contributed by atoms with van der Waals surface area (Å²) in [6.07, 6.45) is -0.113. The van der Waals surface area contributed by atoms with Crippen LogP contribution in [0.25, 0.3) is 0 Å². The Balaban J connectivity index is 1.81. The molecule has 0 aliphatic carbocycles. The first-order valence-electron chi connectivity index (χ1n) is 7.30. The predicted molar refractivity (Wildman–Crippen MR) is 92.2 cm³/mol. The number of hydrogen-bond donors (Lipinski definition) is 1. The van der Waals surface area contributed by atoms with Crippen molar-refractivity contribution in [2.24, 2.45) is 0 Å². The number of ether oxygens (including phenoxy) is 1. The van der Waals surface area contributed by atoms with Crippen molar-refractivity contribution in [2.45, 2.75) is 17.9 Å². The van der Waals surface area contributed by atoms with Crippen molar-refractivity contribution in [3.05, 3.63) is 64.7 Å². The summed E-state index contributed by atoms with van der Waals surface area (Å²) >= 11 is 5.77. The van der Waals surface area contributed by atoms with Gasteiger partial charge in [0.1, 0.15) is 6.61 Å². The molecule has 2 aromatic rings. The van der Waals surface area contributed by atoms with E-state index in [-0.39, 0.29) is 24.5 Å². The molecule has 0 atom stereocenters. The van der Waals surface area contributed by atoms with Gasteiger partial charge in [-0.2, -0.15) is 5.26 Å². The molecule has 2 aromatic carbocycles. The average Bonchev–Trinajstić information content (AvgIpc) is 2.60. The summed E-state index contributed by atoms with van der Waals surface area (Å²) in [6.45, 7) is -0.0681. The van der Waals surface area contributed by atoms with Gasteiger partial charge in [-0.05, 0) is 35.9 Å². The standard InChI is InChI=1S/C17H15ClN2O4S/c18-15-5-2-6-16(10-15)25(22,23)20-8-7-17(21)24-12-14-4-1-3-13(9-14)11-19/h1-6,9-10,20H,7-8,12H2. The number of carbonyl (C=O) groups is 1. The third-order valence-corrected chi connectivity index (χ3v) is 4.88. The van der Waals surface area contributed by atoms with Crippen LogP contribution in [0, 0.1) is 11.3 Å². The van der Waals surface area contributed by atoms with Gasteiger partial charge in [-0.1, -0.05) is 29.8 Å². The van der Waals surface area contributed by atoms with Gasteiger partial charge in [0.05, 0.1) is 22.9 Å². The molecule has 6 nitrogen and oxygen atoms in total. The Morgan fingerprint density at radius 2 is 1.96 bits per heavy atom. The monoisotopic (exact) mass is 378 g/mol. The minimum Gasteiger partial charge on any atom is -0.461 e. The van der Waals surface area contributed by atoms with Crippen molar-refractivity contribution in [3.63, 3.8) is 0 Å². The lowest BCUT2D eigenvalue weighted by molar-refractivity contribution is -0.144. The number of carbonyl (C=O) groups excluding carboxylic acids is 1. The molecule has 2 rings (SSSR count). The average molecular weight is 379 g/mol. The highest BCUT2D eigenvalue weighted by Crippen LogP contribution is 2.15. The third kappa shape index (κ3) is 5.87. The summed E-state index contributed by atoms with van der Waals surface area (Å²) in [5.41, 5.74) is 1.16. The van der Waals surface area contributed by atoms with Crippen LogP contribution in [-0.2, 0) is 26.2 Å². The highest BCUT2D eigenvalue weighted by molar-refractivity contribution is 7.89. The van der Waals surface area contributed by atoms with Gasteiger partial charge < -0.3 is 4.74 Å². The maximum Gasteiger partial charge on any atom is 0.307 e. The van der Waals surface area contributed by atoms with E-state index >= 15 is 0 Å². The third-order valence-electron chi connectivity index (χ3n) is 3.18. The second-order valence-corrected chi connectivity index (χ2v) is 7.28. The van der Waals surface area contributed by atoms with Crippen LogP contribution in [-0.4, -0.2) is 20.9 Å². The number of rotatable bonds is 7. The molecule has 0 aromatic heterocycles. The van der Waals surface area contributed by atoms with E-state index in [1.165, 1.54) is 18.2 Å². The Kier molecular flexibility index (Phi) is 6.53. The van der Waals surface area contributed by atoms with Gasteiger partial charge in [0, 0.05) is 11.6 Å². The Bertz CT molecular complexity index is 907. The van der Waals surface area contributed by atoms with E-state index in [0.29, 0.717) is 16.1 Å². The number of nitrogens with zero attached hydrogens (tertiary/aromatic N) is 1. The molecule has 0 bridgehead atoms. The van der Waals surface area contributed by atoms with E-state index in [1.807, 2.05) is 6.07 Å². The molecule has 0 heterocycles. The maximum absolute atomic E-state index is 12.1. The number of nitriles is 1. The van der Waals surface area contributed by atoms with Gasteiger partial charge >= 0.3 is 5.97 Å². The smallest absolute Gasteiger partial charge is 0.307 e. The van der Waals surface area contributed by atoms with Crippen LogP contribution >= 0.6 is 11.6 Å². The largest absolute Gasteiger partial charge is 0.461 e. The molecular formula is C17H15ClN2O4S. The van der Waals surface area contributed by atoms with Crippen molar-refractivity contribution in [1.82, 2.24) is 4.72 Å². The van der Waals surface area contributed by atoms with Crippen LogP contribution in [0.5, 0.6) is 0 Å². The Morgan fingerprint density at radius 1 is 1.20 bits per heavy atom. The van der Waals surface area contributed by atoms with Gasteiger partial charge in [0.2, 0.25) is 10.0 Å². The second-order valence-electron chi connectivity index (χ2n) is 5.08. The fourth-order valence-corrected chi connectivity index (χ4v) is 3.30. The first-order valence-corrected chi connectivity index (χ1v) is 9.17. The minimum absolute atomic E-state index is 0.0232. The van der Waals surface area contributed by atoms with E-state index in [0.717, 1.165) is 0 Å². The first kappa shape index (κ1) is 18.9. The van der Waals surface area contributed by atoms with Crippen molar-refractivity contribution in [3.8, 4) is 6.07 Å². The molecule has 0 aliphatic heterocycles. The highest BCUT2D eigenvalue weighted by atomic mass is 35.5. The second kappa shape index (κ2) is 8.62. The van der Waals surface area contributed by atoms with E-state index in [4.69, 9.17) is 21.6 Å². The molecule has 0 saturated carbocycles. The molecule has 0 unspecified atom stereocenters. The van der Waals surface area contributed by atoms with Gasteiger partial charge in [0.15, 0.2) is 0 Å². The summed E-state index contributed by atoms with van der Waals surface area (Å²) in [5.74, 6) is -0.545. The SMILES string of the molecule is N#Cc1cccc(COC(=O)CCNS(=O)(=O)c2cccc(Cl)c2)c1. The normalized spacial score (nSPS) is 10.9. The molecule has 25 heavy (non-hydrogen) atoms. The number of sulfonamides is 1. The van der Waals surface area contributed by atoms with Gasteiger partial charge in [-0.15, -0.1) is 0 Å². The fraction of sp³-hybridized carbons (Fsp3) is 0.176. The summed E-state index contributed by atoms with van der Waals surface area (Å²) in [5, 5.41) is 9.12. The summed E-state index contributed by atoms with van der Waals surface area (Å²) in [7, 11) is -3.73. The predicted octanol–water partition coefficient (Wildman–Crippen LogP) is 2.62. The molecule has 0 amide bonds. The summed E-state index contributed by atoms with van der Waals surface area (Å²) in [4.78, 5) is 11.7. The molecule has 8 heteroatoms. The molecule has 0 aliphatic rings. The zero-order chi connectivity index (χ0) is 18.3. The lowest BCUT2D eigenvalue weighted by Gasteiger charge is -2.08. The number of benzene rings is 2. The van der Waals surface area contributed by atoms with Crippen molar-refractivity contribution >= 4 is 27.6 Å². The zero-order valence-electron chi connectivity index (χ0n) is 13.1. The van der Waals surface area contributed by atoms with Gasteiger partial charge in [-0.3, -0.25) is 4.79 Å². The van der Waals surface area contributed by atoms with Crippen LogP contribution in [0.15, 0.2) is 53.4 Å². The number of halogens is 1. The highest BCUT2D eigenvalue weighted by Gasteiger charge is 2.14. The Morgan fingerprint density at radius 3 is 2.68 bits per heavy atom. The van der Waals surface area contributed by atoms with Gasteiger partial charge in [0.25, 0.3) is 0 Å². The Hall–Kier alpha value is -2.40. The topological polar surface area (TPSA) is 96.3 Å². The molecule has 0 spiro atoms. The Labute approximate surface area is 151 Å². The first-order chi connectivity index (χ1) is 11.9. The minimum atomic E-state index is -3.73. The number of nitrogens with one attached hydrogen (secondary N) is 1. The van der Waals surface area contributed by atoms with Crippen LogP contribution < -0.4 is 4.72 Å². The van der Waals surface area contributed by atoms with Crippen molar-refractivity contribution in [1.29, 1.82) is 5.26 Å². The molecule has 0 saturated heterocycles. The van der Waals surface area contributed by atoms with Crippen LogP contribution in [0.1, 0.15) is 17.5 Å². The van der Waals surface area contributed by atoms with E-state index < -0.39 is 16.0 Å². The van der Waals surface area contributed by atoms with Crippen molar-refractivity contribution < 1.29 is 17.9 Å². The number of hydrogen-bond acceptors (Lipinski definition) is 5. The van der Waals surface area contributed by atoms with Crippen molar-refractivity contribution in [2.75, 3.05) is 6.54 Å². The summed E-state index contributed by atoms with van der Waals surface area (Å²) < 4.78 is 31.5. The molecular weight excluding hydrogens is 364 g/mol. The quantitative estimate of drug-likeness (QED) is 0.747. The maximum atomic E-state index is 12.1. The molecule has 130 valence electrons. The number of esters is 1. The lowest BCUT2D eigenvalue weighted by Crippen LogP contribution is -2.26. The molecule has 1 N–H and O–H groups in total. The van der Waals surface area contributed by atoms with Crippen LogP contribution in [0.3, 0.4) is 0 Å². The van der Waals surface area contributed by atoms with Gasteiger partial charge in [-0.25, -0.2) is 13.1 Å².